The third-order valence-electron chi connectivity index (χ3n) is 2.43. The van der Waals surface area contributed by atoms with Crippen molar-refractivity contribution in [3.05, 3.63) is 24.3 Å². The van der Waals surface area contributed by atoms with Crippen LogP contribution in [0.4, 0.5) is 0 Å². The molecule has 1 aliphatic rings. The number of rotatable bonds is 2. The summed E-state index contributed by atoms with van der Waals surface area (Å²) in [5.74, 6) is 0.887. The van der Waals surface area contributed by atoms with Gasteiger partial charge >= 0.3 is 0 Å². The van der Waals surface area contributed by atoms with E-state index in [1.807, 2.05) is 6.07 Å². The van der Waals surface area contributed by atoms with Crippen molar-refractivity contribution < 1.29 is 0 Å². The molecule has 1 atom stereocenters. The predicted octanol–water partition coefficient (Wildman–Crippen LogP) is 1.68. The monoisotopic (exact) mass is 211 g/mol. The normalized spacial score (nSPS) is 23.6. The van der Waals surface area contributed by atoms with E-state index in [9.17, 15) is 0 Å². The molecule has 14 heavy (non-hydrogen) atoms. The second-order valence-corrected chi connectivity index (χ2v) is 4.26. The predicted molar refractivity (Wildman–Crippen MR) is 56.2 cm³/mol. The number of alkyl halides is 1. The lowest BCUT2D eigenvalue weighted by atomic mass is 10.1. The maximum atomic E-state index is 6.10. The van der Waals surface area contributed by atoms with Crippen LogP contribution in [0.3, 0.4) is 0 Å². The molecule has 1 fully saturated rings. The lowest BCUT2D eigenvalue weighted by molar-refractivity contribution is 0.219. The Bertz CT molecular complexity index is 278. The first-order chi connectivity index (χ1) is 6.84. The van der Waals surface area contributed by atoms with Gasteiger partial charge in [-0.1, -0.05) is 0 Å². The first kappa shape index (κ1) is 9.87. The Morgan fingerprint density at radius 1 is 1.43 bits per heavy atom. The summed E-state index contributed by atoms with van der Waals surface area (Å²) in [7, 11) is 0. The summed E-state index contributed by atoms with van der Waals surface area (Å²) >= 11 is 6.10. The van der Waals surface area contributed by atoms with Crippen LogP contribution in [0.25, 0.3) is 0 Å². The average Bonchev–Trinajstić information content (AvgIpc) is 2.19. The molecule has 0 amide bonds. The summed E-state index contributed by atoms with van der Waals surface area (Å²) in [4.78, 5) is 10.7. The third kappa shape index (κ3) is 2.66. The average molecular weight is 212 g/mol. The largest absolute Gasteiger partial charge is 0.294 e. The number of likely N-dealkylation sites (tertiary alicyclic amines) is 1. The minimum atomic E-state index is 0.299. The Morgan fingerprint density at radius 3 is 2.93 bits per heavy atom. The van der Waals surface area contributed by atoms with Crippen molar-refractivity contribution in [1.29, 1.82) is 0 Å². The molecule has 3 nitrogen and oxygen atoms in total. The molecule has 1 aromatic rings. The molecule has 1 unspecified atom stereocenters. The Kier molecular flexibility index (Phi) is 3.32. The van der Waals surface area contributed by atoms with E-state index in [0.29, 0.717) is 5.38 Å². The molecule has 0 N–H and O–H groups in total. The van der Waals surface area contributed by atoms with Crippen LogP contribution in [0.1, 0.15) is 18.7 Å². The number of hydrogen-bond acceptors (Lipinski definition) is 3. The molecule has 1 saturated heterocycles. The van der Waals surface area contributed by atoms with Crippen LogP contribution in [0.15, 0.2) is 18.5 Å². The van der Waals surface area contributed by atoms with Gasteiger partial charge in [0.1, 0.15) is 5.82 Å². The maximum absolute atomic E-state index is 6.10. The zero-order valence-corrected chi connectivity index (χ0v) is 8.82. The lowest BCUT2D eigenvalue weighted by Gasteiger charge is -2.28. The Balaban J connectivity index is 1.91. The van der Waals surface area contributed by atoms with Gasteiger partial charge in [-0.05, 0) is 25.5 Å². The van der Waals surface area contributed by atoms with Crippen molar-refractivity contribution in [2.24, 2.45) is 0 Å². The van der Waals surface area contributed by atoms with Crippen LogP contribution < -0.4 is 0 Å². The summed E-state index contributed by atoms with van der Waals surface area (Å²) in [5, 5.41) is 0.299. The highest BCUT2D eigenvalue weighted by atomic mass is 35.5. The SMILES string of the molecule is ClC1CCCN(Cc2ncccn2)C1. The minimum Gasteiger partial charge on any atom is -0.294 e. The smallest absolute Gasteiger partial charge is 0.142 e. The maximum Gasteiger partial charge on any atom is 0.142 e. The van der Waals surface area contributed by atoms with Crippen molar-refractivity contribution >= 4 is 11.6 Å². The van der Waals surface area contributed by atoms with Crippen molar-refractivity contribution in [3.8, 4) is 0 Å². The van der Waals surface area contributed by atoms with E-state index in [1.165, 1.54) is 6.42 Å². The molecule has 0 saturated carbocycles. The zero-order valence-electron chi connectivity index (χ0n) is 8.06. The first-order valence-corrected chi connectivity index (χ1v) is 5.40. The molecular weight excluding hydrogens is 198 g/mol. The highest BCUT2D eigenvalue weighted by Crippen LogP contribution is 2.15. The summed E-state index contributed by atoms with van der Waals surface area (Å²) in [6.07, 6.45) is 5.88. The molecule has 0 aromatic carbocycles. The van der Waals surface area contributed by atoms with E-state index in [2.05, 4.69) is 14.9 Å². The third-order valence-corrected chi connectivity index (χ3v) is 2.79. The van der Waals surface area contributed by atoms with E-state index >= 15 is 0 Å². The second-order valence-electron chi connectivity index (χ2n) is 3.64. The van der Waals surface area contributed by atoms with Gasteiger partial charge in [0.2, 0.25) is 0 Å². The number of hydrogen-bond donors (Lipinski definition) is 0. The van der Waals surface area contributed by atoms with Gasteiger partial charge in [0.25, 0.3) is 0 Å². The van der Waals surface area contributed by atoms with Crippen LogP contribution in [0.2, 0.25) is 0 Å². The quantitative estimate of drug-likeness (QED) is 0.697. The molecule has 0 radical (unpaired) electrons. The Labute approximate surface area is 89.1 Å². The highest BCUT2D eigenvalue weighted by Gasteiger charge is 2.18. The van der Waals surface area contributed by atoms with Crippen LogP contribution in [0.5, 0.6) is 0 Å². The van der Waals surface area contributed by atoms with Gasteiger partial charge in [0.15, 0.2) is 0 Å². The molecule has 2 rings (SSSR count). The fraction of sp³-hybridized carbons (Fsp3) is 0.600. The van der Waals surface area contributed by atoms with Crippen LogP contribution >= 0.6 is 11.6 Å². The minimum absolute atomic E-state index is 0.299. The fourth-order valence-corrected chi connectivity index (χ4v) is 2.10. The molecule has 4 heteroatoms. The van der Waals surface area contributed by atoms with Crippen LogP contribution in [-0.4, -0.2) is 33.3 Å². The van der Waals surface area contributed by atoms with Crippen LogP contribution in [0, 0.1) is 0 Å². The van der Waals surface area contributed by atoms with Gasteiger partial charge in [-0.15, -0.1) is 11.6 Å². The zero-order chi connectivity index (χ0) is 9.80. The fourth-order valence-electron chi connectivity index (χ4n) is 1.75. The Hall–Kier alpha value is -0.670. The molecule has 1 aliphatic heterocycles. The van der Waals surface area contributed by atoms with E-state index in [-0.39, 0.29) is 0 Å². The molecule has 0 spiro atoms. The summed E-state index contributed by atoms with van der Waals surface area (Å²) < 4.78 is 0. The number of nitrogens with zero attached hydrogens (tertiary/aromatic N) is 3. The summed E-state index contributed by atoms with van der Waals surface area (Å²) in [6.45, 7) is 2.89. The van der Waals surface area contributed by atoms with Gasteiger partial charge in [-0.3, -0.25) is 4.90 Å². The van der Waals surface area contributed by atoms with Crippen molar-refractivity contribution in [2.75, 3.05) is 13.1 Å². The van der Waals surface area contributed by atoms with E-state index < -0.39 is 0 Å². The van der Waals surface area contributed by atoms with E-state index in [0.717, 1.165) is 31.9 Å². The standard InChI is InChI=1S/C10H14ClN3/c11-9-3-1-6-14(7-9)8-10-12-4-2-5-13-10/h2,4-5,9H,1,3,6-8H2. The Morgan fingerprint density at radius 2 is 2.21 bits per heavy atom. The molecular formula is C10H14ClN3. The summed E-state index contributed by atoms with van der Waals surface area (Å²) in [6, 6.07) is 1.84. The lowest BCUT2D eigenvalue weighted by Crippen LogP contribution is -2.35. The van der Waals surface area contributed by atoms with Gasteiger partial charge < -0.3 is 0 Å². The van der Waals surface area contributed by atoms with E-state index in [1.54, 1.807) is 12.4 Å². The number of aromatic nitrogens is 2. The van der Waals surface area contributed by atoms with E-state index in [4.69, 9.17) is 11.6 Å². The van der Waals surface area contributed by atoms with Gasteiger partial charge in [-0.25, -0.2) is 9.97 Å². The molecule has 0 bridgehead atoms. The second kappa shape index (κ2) is 4.71. The molecule has 1 aromatic heterocycles. The van der Waals surface area contributed by atoms with Crippen molar-refractivity contribution in [1.82, 2.24) is 14.9 Å². The van der Waals surface area contributed by atoms with Gasteiger partial charge in [0, 0.05) is 24.3 Å². The van der Waals surface area contributed by atoms with Crippen molar-refractivity contribution in [3.63, 3.8) is 0 Å². The molecule has 0 aliphatic carbocycles. The molecule has 2 heterocycles. The molecule has 76 valence electrons. The summed E-state index contributed by atoms with van der Waals surface area (Å²) in [5.41, 5.74) is 0. The number of piperidine rings is 1. The topological polar surface area (TPSA) is 29.0 Å². The van der Waals surface area contributed by atoms with Crippen molar-refractivity contribution in [2.45, 2.75) is 24.8 Å². The van der Waals surface area contributed by atoms with Gasteiger partial charge in [0.05, 0.1) is 6.54 Å². The van der Waals surface area contributed by atoms with Crippen LogP contribution in [-0.2, 0) is 6.54 Å². The number of halogens is 1. The highest BCUT2D eigenvalue weighted by molar-refractivity contribution is 6.20. The first-order valence-electron chi connectivity index (χ1n) is 4.97. The van der Waals surface area contributed by atoms with Gasteiger partial charge in [-0.2, -0.15) is 0 Å².